The molecule has 10 heteroatoms. The van der Waals surface area contributed by atoms with E-state index < -0.39 is 20.2 Å². The molecule has 0 unspecified atom stereocenters. The molecule has 3 aromatic rings. The minimum Gasteiger partial charge on any atom is -0.381 e. The van der Waals surface area contributed by atoms with E-state index in [4.69, 9.17) is 0 Å². The summed E-state index contributed by atoms with van der Waals surface area (Å²) in [6.07, 6.45) is 0. The molecular formula is C15H12F3N3O3S. The monoisotopic (exact) mass is 371 g/mol. The van der Waals surface area contributed by atoms with Crippen molar-refractivity contribution in [2.45, 2.75) is 16.9 Å². The lowest BCUT2D eigenvalue weighted by molar-refractivity contribution is -0.0436. The summed E-state index contributed by atoms with van der Waals surface area (Å²) in [7, 11) is -5.35. The van der Waals surface area contributed by atoms with Crippen molar-refractivity contribution in [3.8, 4) is 0 Å². The number of nitrogens with one attached hydrogen (secondary N) is 3. The number of halogens is 3. The highest BCUT2D eigenvalue weighted by molar-refractivity contribution is 7.92. The number of alkyl halides is 3. The van der Waals surface area contributed by atoms with Gasteiger partial charge in [0.15, 0.2) is 0 Å². The number of fused-ring (bicyclic) bond motifs is 1. The second-order valence-electron chi connectivity index (χ2n) is 5.29. The number of hydrogen-bond donors (Lipinski definition) is 3. The number of hydrogen-bond acceptors (Lipinski definition) is 4. The van der Waals surface area contributed by atoms with Crippen molar-refractivity contribution in [1.29, 1.82) is 0 Å². The van der Waals surface area contributed by atoms with Crippen LogP contribution in [0.15, 0.2) is 52.2 Å². The Morgan fingerprint density at radius 2 is 1.60 bits per heavy atom. The van der Waals surface area contributed by atoms with E-state index in [1.807, 2.05) is 0 Å². The van der Waals surface area contributed by atoms with E-state index in [0.29, 0.717) is 23.3 Å². The predicted molar refractivity (Wildman–Crippen MR) is 85.9 cm³/mol. The van der Waals surface area contributed by atoms with E-state index in [-0.39, 0.29) is 5.69 Å². The van der Waals surface area contributed by atoms with Gasteiger partial charge in [0.2, 0.25) is 0 Å². The summed E-state index contributed by atoms with van der Waals surface area (Å²) >= 11 is 0. The van der Waals surface area contributed by atoms with Gasteiger partial charge in [0.25, 0.3) is 9.84 Å². The average molecular weight is 371 g/mol. The van der Waals surface area contributed by atoms with Crippen LogP contribution in [0.4, 0.5) is 18.9 Å². The predicted octanol–water partition coefficient (Wildman–Crippen LogP) is 2.76. The van der Waals surface area contributed by atoms with Crippen LogP contribution in [-0.2, 0) is 16.4 Å². The molecule has 0 amide bonds. The minimum absolute atomic E-state index is 0.318. The molecule has 25 heavy (non-hydrogen) atoms. The van der Waals surface area contributed by atoms with Crippen molar-refractivity contribution in [2.24, 2.45) is 0 Å². The smallest absolute Gasteiger partial charge is 0.381 e. The van der Waals surface area contributed by atoms with Gasteiger partial charge in [-0.05, 0) is 42.0 Å². The molecule has 0 aliphatic rings. The van der Waals surface area contributed by atoms with E-state index >= 15 is 0 Å². The molecular weight excluding hydrogens is 359 g/mol. The number of sulfone groups is 1. The first-order valence-corrected chi connectivity index (χ1v) is 8.51. The fraction of sp³-hybridized carbons (Fsp3) is 0.133. The van der Waals surface area contributed by atoms with Crippen LogP contribution in [0.2, 0.25) is 0 Å². The van der Waals surface area contributed by atoms with Gasteiger partial charge >= 0.3 is 11.2 Å². The largest absolute Gasteiger partial charge is 0.501 e. The number of aromatic nitrogens is 2. The number of benzene rings is 2. The molecule has 3 rings (SSSR count). The number of anilines is 1. The van der Waals surface area contributed by atoms with E-state index in [9.17, 15) is 26.4 Å². The summed E-state index contributed by atoms with van der Waals surface area (Å²) in [5, 5.41) is 2.97. The molecule has 3 N–H and O–H groups in total. The Labute approximate surface area is 139 Å². The van der Waals surface area contributed by atoms with Crippen molar-refractivity contribution in [3.63, 3.8) is 0 Å². The molecule has 0 aliphatic carbocycles. The Morgan fingerprint density at radius 1 is 0.960 bits per heavy atom. The number of rotatable bonds is 4. The van der Waals surface area contributed by atoms with Crippen LogP contribution in [0.25, 0.3) is 11.0 Å². The van der Waals surface area contributed by atoms with E-state index in [2.05, 4.69) is 15.3 Å². The van der Waals surface area contributed by atoms with Crippen molar-refractivity contribution in [1.82, 2.24) is 9.97 Å². The summed E-state index contributed by atoms with van der Waals surface area (Å²) in [5.41, 5.74) is -3.06. The first-order valence-electron chi connectivity index (χ1n) is 7.03. The number of H-pyrrole nitrogens is 2. The van der Waals surface area contributed by atoms with Crippen molar-refractivity contribution >= 4 is 26.6 Å². The Balaban J connectivity index is 1.74. The van der Waals surface area contributed by atoms with E-state index in [1.54, 1.807) is 18.2 Å². The maximum atomic E-state index is 12.5. The molecule has 0 atom stereocenters. The molecule has 0 radical (unpaired) electrons. The second kappa shape index (κ2) is 5.96. The number of imidazole rings is 1. The zero-order valence-electron chi connectivity index (χ0n) is 12.5. The van der Waals surface area contributed by atoms with Gasteiger partial charge in [-0.15, -0.1) is 0 Å². The maximum absolute atomic E-state index is 12.5. The van der Waals surface area contributed by atoms with Crippen LogP contribution in [0, 0.1) is 0 Å². The second-order valence-corrected chi connectivity index (χ2v) is 7.23. The van der Waals surface area contributed by atoms with Gasteiger partial charge in [0.1, 0.15) is 0 Å². The highest BCUT2D eigenvalue weighted by Crippen LogP contribution is 2.30. The molecule has 1 aromatic heterocycles. The summed E-state index contributed by atoms with van der Waals surface area (Å²) < 4.78 is 60.0. The van der Waals surface area contributed by atoms with Gasteiger partial charge in [0, 0.05) is 12.2 Å². The number of aromatic amines is 2. The maximum Gasteiger partial charge on any atom is 0.501 e. The molecule has 1 heterocycles. The molecule has 0 spiro atoms. The van der Waals surface area contributed by atoms with Gasteiger partial charge in [-0.2, -0.15) is 13.2 Å². The molecule has 0 saturated heterocycles. The lowest BCUT2D eigenvalue weighted by Gasteiger charge is -2.10. The lowest BCUT2D eigenvalue weighted by Crippen LogP contribution is -2.23. The van der Waals surface area contributed by atoms with E-state index in [1.165, 1.54) is 12.1 Å². The minimum atomic E-state index is -5.35. The molecule has 0 bridgehead atoms. The SMILES string of the molecule is O=c1[nH]c2ccc(CNc3ccc(S(=O)(=O)C(F)(F)F)cc3)cc2[nH]1. The van der Waals surface area contributed by atoms with Crippen LogP contribution in [0.5, 0.6) is 0 Å². The summed E-state index contributed by atoms with van der Waals surface area (Å²) in [5.74, 6) is 0. The van der Waals surface area contributed by atoms with Crippen LogP contribution in [-0.4, -0.2) is 23.9 Å². The average Bonchev–Trinajstić information content (AvgIpc) is 2.91. The molecule has 132 valence electrons. The standard InChI is InChI=1S/C15H12F3N3O3S/c16-15(17,18)25(23,24)11-4-2-10(3-5-11)19-8-9-1-6-12-13(7-9)21-14(22)20-12/h1-7,19H,8H2,(H2,20,21,22). The third-order valence-corrected chi connectivity index (χ3v) is 5.05. The quantitative estimate of drug-likeness (QED) is 0.657. The molecule has 0 aliphatic heterocycles. The Bertz CT molecular complexity index is 1070. The van der Waals surface area contributed by atoms with Crippen LogP contribution < -0.4 is 11.0 Å². The van der Waals surface area contributed by atoms with Crippen molar-refractivity contribution < 1.29 is 21.6 Å². The third kappa shape index (κ3) is 3.38. The Hall–Kier alpha value is -2.75. The summed E-state index contributed by atoms with van der Waals surface area (Å²) in [4.78, 5) is 15.6. The Kier molecular flexibility index (Phi) is 4.07. The molecule has 6 nitrogen and oxygen atoms in total. The van der Waals surface area contributed by atoms with Gasteiger partial charge in [-0.25, -0.2) is 13.2 Å². The van der Waals surface area contributed by atoms with E-state index in [0.717, 1.165) is 17.7 Å². The highest BCUT2D eigenvalue weighted by atomic mass is 32.2. The fourth-order valence-electron chi connectivity index (χ4n) is 2.28. The van der Waals surface area contributed by atoms with Gasteiger partial charge in [-0.1, -0.05) is 6.07 Å². The first kappa shape index (κ1) is 17.1. The zero-order valence-corrected chi connectivity index (χ0v) is 13.3. The zero-order chi connectivity index (χ0) is 18.2. The van der Waals surface area contributed by atoms with Gasteiger partial charge < -0.3 is 15.3 Å². The van der Waals surface area contributed by atoms with Crippen LogP contribution in [0.3, 0.4) is 0 Å². The first-order chi connectivity index (χ1) is 11.7. The van der Waals surface area contributed by atoms with Gasteiger partial charge in [0.05, 0.1) is 15.9 Å². The third-order valence-electron chi connectivity index (χ3n) is 3.55. The molecule has 2 aromatic carbocycles. The summed E-state index contributed by atoms with van der Waals surface area (Å²) in [6.45, 7) is 0.342. The fourth-order valence-corrected chi connectivity index (χ4v) is 3.04. The topological polar surface area (TPSA) is 94.8 Å². The molecule has 0 saturated carbocycles. The van der Waals surface area contributed by atoms with Crippen molar-refractivity contribution in [3.05, 3.63) is 58.5 Å². The van der Waals surface area contributed by atoms with Crippen LogP contribution in [0.1, 0.15) is 5.56 Å². The normalized spacial score (nSPS) is 12.4. The Morgan fingerprint density at radius 3 is 2.24 bits per heavy atom. The highest BCUT2D eigenvalue weighted by Gasteiger charge is 2.46. The lowest BCUT2D eigenvalue weighted by atomic mass is 10.2. The molecule has 0 fully saturated rings. The van der Waals surface area contributed by atoms with Crippen LogP contribution >= 0.6 is 0 Å². The van der Waals surface area contributed by atoms with Gasteiger partial charge in [-0.3, -0.25) is 0 Å². The summed E-state index contributed by atoms with van der Waals surface area (Å²) in [6, 6.07) is 9.58. The van der Waals surface area contributed by atoms with Crippen molar-refractivity contribution in [2.75, 3.05) is 5.32 Å².